The Balaban J connectivity index is 1.57. The number of rotatable bonds is 6. The molecule has 0 bridgehead atoms. The smallest absolute Gasteiger partial charge is 0.258 e. The van der Waals surface area contributed by atoms with Crippen LogP contribution in [0.25, 0.3) is 0 Å². The highest BCUT2D eigenvalue weighted by atomic mass is 16.1. The number of pyridine rings is 2. The fourth-order valence-corrected chi connectivity index (χ4v) is 2.24. The zero-order chi connectivity index (χ0) is 17.5. The van der Waals surface area contributed by atoms with Crippen molar-refractivity contribution < 1.29 is 4.79 Å². The highest BCUT2D eigenvalue weighted by Crippen LogP contribution is 2.12. The number of nitrogens with one attached hydrogen (secondary N) is 1. The van der Waals surface area contributed by atoms with Gasteiger partial charge in [0, 0.05) is 38.4 Å². The van der Waals surface area contributed by atoms with E-state index in [2.05, 4.69) is 25.5 Å². The summed E-state index contributed by atoms with van der Waals surface area (Å²) in [6, 6.07) is 11.0. The van der Waals surface area contributed by atoms with Crippen molar-refractivity contribution in [1.29, 1.82) is 0 Å². The number of hydrogen-bond donors (Lipinski definition) is 1. The van der Waals surface area contributed by atoms with Crippen LogP contribution in [-0.2, 0) is 6.42 Å². The van der Waals surface area contributed by atoms with Gasteiger partial charge in [-0.25, -0.2) is 0 Å². The zero-order valence-electron chi connectivity index (χ0n) is 13.8. The van der Waals surface area contributed by atoms with E-state index in [1.165, 1.54) is 11.8 Å². The number of likely N-dealkylation sites (N-methyl/N-ethyl adjacent to an activating group) is 1. The summed E-state index contributed by atoms with van der Waals surface area (Å²) in [5, 5.41) is 10.9. The van der Waals surface area contributed by atoms with Gasteiger partial charge in [-0.3, -0.25) is 14.8 Å². The van der Waals surface area contributed by atoms with Crippen molar-refractivity contribution in [3.8, 4) is 0 Å². The van der Waals surface area contributed by atoms with Crippen molar-refractivity contribution in [3.63, 3.8) is 0 Å². The number of hydrogen-bond acceptors (Lipinski definition) is 6. The second-order valence-electron chi connectivity index (χ2n) is 5.50. The fourth-order valence-electron chi connectivity index (χ4n) is 2.24. The molecule has 0 aromatic carbocycles. The van der Waals surface area contributed by atoms with E-state index in [1.807, 2.05) is 30.1 Å². The van der Waals surface area contributed by atoms with Gasteiger partial charge in [-0.1, -0.05) is 0 Å². The van der Waals surface area contributed by atoms with Crippen LogP contribution in [0.2, 0.25) is 0 Å². The van der Waals surface area contributed by atoms with Crippen molar-refractivity contribution >= 4 is 17.5 Å². The van der Waals surface area contributed by atoms with Crippen molar-refractivity contribution in [2.24, 2.45) is 0 Å². The Labute approximate surface area is 145 Å². The molecule has 0 unspecified atom stereocenters. The molecule has 7 nitrogen and oxygen atoms in total. The number of anilines is 2. The molecular formula is C18H18N6O. The van der Waals surface area contributed by atoms with Crippen molar-refractivity contribution in [2.45, 2.75) is 6.42 Å². The first-order valence-corrected chi connectivity index (χ1v) is 7.87. The Morgan fingerprint density at radius 3 is 2.56 bits per heavy atom. The zero-order valence-corrected chi connectivity index (χ0v) is 13.8. The first-order valence-electron chi connectivity index (χ1n) is 7.87. The standard InChI is InChI=1S/C18H18N6O/c1-24(12-8-14-6-10-19-11-7-14)17-5-4-16(22-23-17)21-18(25)15-3-2-9-20-13-15/h2-7,9-11,13H,8,12H2,1H3,(H,21,22,25). The minimum atomic E-state index is -0.263. The Hall–Kier alpha value is -3.35. The van der Waals surface area contributed by atoms with Crippen molar-refractivity contribution in [2.75, 3.05) is 23.8 Å². The van der Waals surface area contributed by atoms with Gasteiger partial charge in [-0.05, 0) is 48.4 Å². The fraction of sp³-hybridized carbons (Fsp3) is 0.167. The summed E-state index contributed by atoms with van der Waals surface area (Å²) < 4.78 is 0. The van der Waals surface area contributed by atoms with Crippen LogP contribution in [0, 0.1) is 0 Å². The van der Waals surface area contributed by atoms with Gasteiger partial charge in [0.1, 0.15) is 0 Å². The Kier molecular flexibility index (Phi) is 5.26. The van der Waals surface area contributed by atoms with Gasteiger partial charge in [0.15, 0.2) is 11.6 Å². The molecule has 0 fully saturated rings. The van der Waals surface area contributed by atoms with Crippen LogP contribution < -0.4 is 10.2 Å². The lowest BCUT2D eigenvalue weighted by atomic mass is 10.2. The molecule has 0 atom stereocenters. The first-order chi connectivity index (χ1) is 12.2. The van der Waals surface area contributed by atoms with E-state index in [0.29, 0.717) is 11.4 Å². The maximum absolute atomic E-state index is 12.1. The van der Waals surface area contributed by atoms with Crippen LogP contribution in [0.15, 0.2) is 61.2 Å². The van der Waals surface area contributed by atoms with Crippen molar-refractivity contribution in [1.82, 2.24) is 20.2 Å². The summed E-state index contributed by atoms with van der Waals surface area (Å²) >= 11 is 0. The van der Waals surface area contributed by atoms with Crippen LogP contribution >= 0.6 is 0 Å². The normalized spacial score (nSPS) is 10.3. The van der Waals surface area contributed by atoms with E-state index < -0.39 is 0 Å². The SMILES string of the molecule is CN(CCc1ccncc1)c1ccc(NC(=O)c2cccnc2)nn1. The third-order valence-corrected chi connectivity index (χ3v) is 3.69. The third kappa shape index (κ3) is 4.57. The molecule has 25 heavy (non-hydrogen) atoms. The molecule has 3 aromatic heterocycles. The second kappa shape index (κ2) is 7.96. The van der Waals surface area contributed by atoms with Gasteiger partial charge >= 0.3 is 0 Å². The van der Waals surface area contributed by atoms with Crippen LogP contribution in [0.1, 0.15) is 15.9 Å². The molecule has 0 saturated heterocycles. The van der Waals surface area contributed by atoms with E-state index in [-0.39, 0.29) is 5.91 Å². The van der Waals surface area contributed by atoms with Gasteiger partial charge in [0.2, 0.25) is 0 Å². The molecule has 0 aliphatic heterocycles. The summed E-state index contributed by atoms with van der Waals surface area (Å²) in [4.78, 5) is 22.0. The Morgan fingerprint density at radius 2 is 1.88 bits per heavy atom. The number of carbonyl (C=O) groups is 1. The van der Waals surface area contributed by atoms with Crippen molar-refractivity contribution in [3.05, 3.63) is 72.3 Å². The van der Waals surface area contributed by atoms with Gasteiger partial charge < -0.3 is 10.2 Å². The molecule has 3 aromatic rings. The predicted molar refractivity (Wildman–Crippen MR) is 95.4 cm³/mol. The molecule has 0 aliphatic carbocycles. The van der Waals surface area contributed by atoms with E-state index in [9.17, 15) is 4.79 Å². The maximum atomic E-state index is 12.1. The Morgan fingerprint density at radius 1 is 1.04 bits per heavy atom. The molecule has 0 saturated carbocycles. The van der Waals surface area contributed by atoms with Gasteiger partial charge in [0.25, 0.3) is 5.91 Å². The lowest BCUT2D eigenvalue weighted by molar-refractivity contribution is 0.102. The van der Waals surface area contributed by atoms with Gasteiger partial charge in [-0.15, -0.1) is 10.2 Å². The molecular weight excluding hydrogens is 316 g/mol. The number of amides is 1. The average Bonchev–Trinajstić information content (AvgIpc) is 2.68. The highest BCUT2D eigenvalue weighted by Gasteiger charge is 2.08. The quantitative estimate of drug-likeness (QED) is 0.744. The lowest BCUT2D eigenvalue weighted by Gasteiger charge is -2.17. The number of carbonyl (C=O) groups excluding carboxylic acids is 1. The topological polar surface area (TPSA) is 83.9 Å². The molecule has 0 radical (unpaired) electrons. The average molecular weight is 334 g/mol. The second-order valence-corrected chi connectivity index (χ2v) is 5.50. The molecule has 1 N–H and O–H groups in total. The van der Waals surface area contributed by atoms with Crippen LogP contribution in [0.5, 0.6) is 0 Å². The molecule has 7 heteroatoms. The van der Waals surface area contributed by atoms with E-state index in [4.69, 9.17) is 0 Å². The summed E-state index contributed by atoms with van der Waals surface area (Å²) in [6.07, 6.45) is 7.58. The van der Waals surface area contributed by atoms with E-state index in [1.54, 1.807) is 36.8 Å². The van der Waals surface area contributed by atoms with Crippen LogP contribution in [0.3, 0.4) is 0 Å². The predicted octanol–water partition coefficient (Wildman–Crippen LogP) is 2.20. The Bertz CT molecular complexity index is 808. The first kappa shape index (κ1) is 16.5. The molecule has 3 rings (SSSR count). The molecule has 126 valence electrons. The summed E-state index contributed by atoms with van der Waals surface area (Å²) in [5.74, 6) is 0.884. The van der Waals surface area contributed by atoms with Gasteiger partial charge in [0.05, 0.1) is 5.56 Å². The highest BCUT2D eigenvalue weighted by molar-refractivity contribution is 6.03. The maximum Gasteiger partial charge on any atom is 0.258 e. The summed E-state index contributed by atoms with van der Waals surface area (Å²) in [6.45, 7) is 0.806. The van der Waals surface area contributed by atoms with E-state index in [0.717, 1.165) is 18.8 Å². The largest absolute Gasteiger partial charge is 0.358 e. The number of nitrogens with zero attached hydrogens (tertiary/aromatic N) is 5. The third-order valence-electron chi connectivity index (χ3n) is 3.69. The minimum Gasteiger partial charge on any atom is -0.358 e. The van der Waals surface area contributed by atoms with Crippen LogP contribution in [0.4, 0.5) is 11.6 Å². The summed E-state index contributed by atoms with van der Waals surface area (Å²) in [5.41, 5.74) is 1.69. The number of aromatic nitrogens is 4. The van der Waals surface area contributed by atoms with E-state index >= 15 is 0 Å². The lowest BCUT2D eigenvalue weighted by Crippen LogP contribution is -2.22. The molecule has 3 heterocycles. The molecule has 1 amide bonds. The van der Waals surface area contributed by atoms with Crippen LogP contribution in [-0.4, -0.2) is 39.7 Å². The van der Waals surface area contributed by atoms with Gasteiger partial charge in [-0.2, -0.15) is 0 Å². The molecule has 0 spiro atoms. The summed E-state index contributed by atoms with van der Waals surface area (Å²) in [7, 11) is 1.96. The monoisotopic (exact) mass is 334 g/mol. The minimum absolute atomic E-state index is 0.263. The molecule has 0 aliphatic rings.